The van der Waals surface area contributed by atoms with E-state index in [1.807, 2.05) is 0 Å². The van der Waals surface area contributed by atoms with Crippen LogP contribution in [0.1, 0.15) is 19.3 Å². The predicted molar refractivity (Wildman–Crippen MR) is 65.0 cm³/mol. The molecule has 18 heavy (non-hydrogen) atoms. The predicted octanol–water partition coefficient (Wildman–Crippen LogP) is 1.63. The highest BCUT2D eigenvalue weighted by Crippen LogP contribution is 2.23. The fourth-order valence-electron chi connectivity index (χ4n) is 1.57. The van der Waals surface area contributed by atoms with Gasteiger partial charge in [-0.2, -0.15) is 0 Å². The molecule has 0 unspecified atom stereocenters. The van der Waals surface area contributed by atoms with E-state index in [1.165, 1.54) is 0 Å². The maximum atomic E-state index is 13.1. The van der Waals surface area contributed by atoms with Crippen LogP contribution in [-0.2, 0) is 4.79 Å². The van der Waals surface area contributed by atoms with Crippen molar-refractivity contribution in [2.24, 2.45) is 0 Å². The van der Waals surface area contributed by atoms with Crippen LogP contribution < -0.4 is 16.4 Å². The van der Waals surface area contributed by atoms with Crippen LogP contribution in [0.15, 0.2) is 12.1 Å². The summed E-state index contributed by atoms with van der Waals surface area (Å²) in [5.74, 6) is -1.58. The van der Waals surface area contributed by atoms with Crippen LogP contribution in [0.2, 0.25) is 0 Å². The van der Waals surface area contributed by atoms with Gasteiger partial charge in [0.25, 0.3) is 0 Å². The highest BCUT2D eigenvalue weighted by Gasteiger charge is 2.22. The number of benzene rings is 1. The monoisotopic (exact) mass is 255 g/mol. The Balaban J connectivity index is 1.83. The second kappa shape index (κ2) is 5.20. The summed E-state index contributed by atoms with van der Waals surface area (Å²) in [6, 6.07) is 2.14. The van der Waals surface area contributed by atoms with Crippen molar-refractivity contribution in [1.82, 2.24) is 5.32 Å². The molecular weight excluding hydrogens is 240 g/mol. The van der Waals surface area contributed by atoms with Crippen LogP contribution >= 0.6 is 0 Å². The summed E-state index contributed by atoms with van der Waals surface area (Å²) in [4.78, 5) is 11.4. The zero-order valence-electron chi connectivity index (χ0n) is 9.80. The number of carbonyl (C=O) groups is 1. The molecular formula is C12H15F2N3O. The zero-order chi connectivity index (χ0) is 13.1. The second-order valence-electron chi connectivity index (χ2n) is 4.37. The van der Waals surface area contributed by atoms with Crippen molar-refractivity contribution in [1.29, 1.82) is 0 Å². The van der Waals surface area contributed by atoms with Gasteiger partial charge in [-0.1, -0.05) is 0 Å². The fourth-order valence-corrected chi connectivity index (χ4v) is 1.57. The van der Waals surface area contributed by atoms with Gasteiger partial charge in [0.15, 0.2) is 5.82 Å². The Labute approximate surface area is 104 Å². The van der Waals surface area contributed by atoms with E-state index in [1.54, 1.807) is 0 Å². The number of nitrogen functional groups attached to an aromatic ring is 1. The van der Waals surface area contributed by atoms with Crippen molar-refractivity contribution in [2.75, 3.05) is 17.6 Å². The number of anilines is 2. The molecule has 2 rings (SSSR count). The molecule has 1 amide bonds. The molecule has 1 saturated carbocycles. The summed E-state index contributed by atoms with van der Waals surface area (Å²) in [6.07, 6.45) is 2.30. The standard InChI is InChI=1S/C12H15F2N3O/c13-7-5-9(14)12(15)10(6-7)16-4-3-11(18)17-8-1-2-8/h5-6,8,16H,1-4,15H2,(H,17,18). The third-order valence-electron chi connectivity index (χ3n) is 2.70. The van der Waals surface area contributed by atoms with Gasteiger partial charge in [0.2, 0.25) is 5.91 Å². The van der Waals surface area contributed by atoms with E-state index in [-0.39, 0.29) is 30.2 Å². The van der Waals surface area contributed by atoms with Crippen molar-refractivity contribution < 1.29 is 13.6 Å². The first-order valence-electron chi connectivity index (χ1n) is 5.84. The Bertz CT molecular complexity index is 461. The van der Waals surface area contributed by atoms with E-state index in [0.29, 0.717) is 6.04 Å². The number of hydrogen-bond donors (Lipinski definition) is 3. The van der Waals surface area contributed by atoms with Crippen molar-refractivity contribution in [3.8, 4) is 0 Å². The Hall–Kier alpha value is -1.85. The van der Waals surface area contributed by atoms with Gasteiger partial charge in [-0.15, -0.1) is 0 Å². The Morgan fingerprint density at radius 3 is 2.78 bits per heavy atom. The third-order valence-corrected chi connectivity index (χ3v) is 2.70. The van der Waals surface area contributed by atoms with Crippen molar-refractivity contribution in [2.45, 2.75) is 25.3 Å². The molecule has 4 nitrogen and oxygen atoms in total. The first kappa shape index (κ1) is 12.6. The minimum Gasteiger partial charge on any atom is -0.395 e. The maximum absolute atomic E-state index is 13.1. The lowest BCUT2D eigenvalue weighted by Gasteiger charge is -2.10. The first-order valence-corrected chi connectivity index (χ1v) is 5.84. The average molecular weight is 255 g/mol. The molecule has 4 N–H and O–H groups in total. The third kappa shape index (κ3) is 3.32. The maximum Gasteiger partial charge on any atom is 0.221 e. The van der Waals surface area contributed by atoms with E-state index in [0.717, 1.165) is 25.0 Å². The summed E-state index contributed by atoms with van der Waals surface area (Å²) >= 11 is 0. The molecule has 1 aliphatic carbocycles. The van der Waals surface area contributed by atoms with Crippen LogP contribution in [0.5, 0.6) is 0 Å². The Morgan fingerprint density at radius 1 is 1.39 bits per heavy atom. The molecule has 0 aromatic heterocycles. The zero-order valence-corrected chi connectivity index (χ0v) is 9.80. The number of rotatable bonds is 5. The molecule has 0 spiro atoms. The molecule has 0 saturated heterocycles. The molecule has 1 aliphatic rings. The molecule has 1 aromatic rings. The number of hydrogen-bond acceptors (Lipinski definition) is 3. The van der Waals surface area contributed by atoms with E-state index < -0.39 is 11.6 Å². The highest BCUT2D eigenvalue weighted by atomic mass is 19.1. The SMILES string of the molecule is Nc1c(F)cc(F)cc1NCCC(=O)NC1CC1. The van der Waals surface area contributed by atoms with Gasteiger partial charge in [-0.05, 0) is 18.9 Å². The first-order chi connectivity index (χ1) is 8.56. The lowest BCUT2D eigenvalue weighted by molar-refractivity contribution is -0.120. The fraction of sp³-hybridized carbons (Fsp3) is 0.417. The molecule has 0 atom stereocenters. The van der Waals surface area contributed by atoms with Gasteiger partial charge in [-0.3, -0.25) is 4.79 Å². The van der Waals surface area contributed by atoms with Gasteiger partial charge >= 0.3 is 0 Å². The number of nitrogens with two attached hydrogens (primary N) is 1. The molecule has 6 heteroatoms. The van der Waals surface area contributed by atoms with E-state index >= 15 is 0 Å². The summed E-state index contributed by atoms with van der Waals surface area (Å²) in [5.41, 5.74) is 5.49. The van der Waals surface area contributed by atoms with Crippen LogP contribution in [-0.4, -0.2) is 18.5 Å². The number of halogens is 2. The van der Waals surface area contributed by atoms with E-state index in [9.17, 15) is 13.6 Å². The van der Waals surface area contributed by atoms with Gasteiger partial charge in [-0.25, -0.2) is 8.78 Å². The topological polar surface area (TPSA) is 67.1 Å². The molecule has 0 radical (unpaired) electrons. The lowest BCUT2D eigenvalue weighted by atomic mass is 10.2. The molecule has 98 valence electrons. The lowest BCUT2D eigenvalue weighted by Crippen LogP contribution is -2.27. The minimum absolute atomic E-state index is 0.0690. The van der Waals surface area contributed by atoms with Crippen molar-refractivity contribution in [3.05, 3.63) is 23.8 Å². The molecule has 0 heterocycles. The highest BCUT2D eigenvalue weighted by molar-refractivity contribution is 5.77. The van der Waals surface area contributed by atoms with Crippen molar-refractivity contribution >= 4 is 17.3 Å². The minimum atomic E-state index is -0.806. The van der Waals surface area contributed by atoms with E-state index in [2.05, 4.69) is 10.6 Å². The molecule has 1 aromatic carbocycles. The van der Waals surface area contributed by atoms with Gasteiger partial charge < -0.3 is 16.4 Å². The molecule has 0 aliphatic heterocycles. The molecule has 1 fully saturated rings. The summed E-state index contributed by atoms with van der Waals surface area (Å²) in [7, 11) is 0. The van der Waals surface area contributed by atoms with E-state index in [4.69, 9.17) is 5.73 Å². The number of amides is 1. The van der Waals surface area contributed by atoms with Gasteiger partial charge in [0.05, 0.1) is 11.4 Å². The van der Waals surface area contributed by atoms with Crippen LogP contribution in [0.25, 0.3) is 0 Å². The van der Waals surface area contributed by atoms with Crippen LogP contribution in [0.3, 0.4) is 0 Å². The summed E-state index contributed by atoms with van der Waals surface area (Å²) < 4.78 is 26.1. The van der Waals surface area contributed by atoms with Crippen LogP contribution in [0.4, 0.5) is 20.2 Å². The Kier molecular flexibility index (Phi) is 3.64. The van der Waals surface area contributed by atoms with Crippen molar-refractivity contribution in [3.63, 3.8) is 0 Å². The Morgan fingerprint density at radius 2 is 2.11 bits per heavy atom. The second-order valence-corrected chi connectivity index (χ2v) is 4.37. The molecule has 0 bridgehead atoms. The number of nitrogens with one attached hydrogen (secondary N) is 2. The average Bonchev–Trinajstić information content (AvgIpc) is 3.08. The largest absolute Gasteiger partial charge is 0.395 e. The van der Waals surface area contributed by atoms with Gasteiger partial charge in [0.1, 0.15) is 5.82 Å². The summed E-state index contributed by atoms with van der Waals surface area (Å²) in [6.45, 7) is 0.283. The number of carbonyl (C=O) groups excluding carboxylic acids is 1. The normalized spacial score (nSPS) is 14.3. The quantitative estimate of drug-likeness (QED) is 0.700. The van der Waals surface area contributed by atoms with Crippen LogP contribution in [0, 0.1) is 11.6 Å². The van der Waals surface area contributed by atoms with Gasteiger partial charge in [0, 0.05) is 25.1 Å². The smallest absolute Gasteiger partial charge is 0.221 e. The summed E-state index contributed by atoms with van der Waals surface area (Å²) in [5, 5.41) is 5.57.